The maximum absolute atomic E-state index is 12.6. The highest BCUT2D eigenvalue weighted by Crippen LogP contribution is 2.26. The Balaban J connectivity index is 1.79. The van der Waals surface area contributed by atoms with Crippen LogP contribution < -0.4 is 16.8 Å². The number of amides is 1. The van der Waals surface area contributed by atoms with Gasteiger partial charge in [-0.15, -0.1) is 0 Å². The molecular weight excluding hydrogens is 324 g/mol. The van der Waals surface area contributed by atoms with Gasteiger partial charge in [0, 0.05) is 29.7 Å². The summed E-state index contributed by atoms with van der Waals surface area (Å²) >= 11 is 0. The average Bonchev–Trinajstić information content (AvgIpc) is 3.08. The molecule has 2 aromatic carbocycles. The summed E-state index contributed by atoms with van der Waals surface area (Å²) in [6.07, 6.45) is 3.43. The van der Waals surface area contributed by atoms with Gasteiger partial charge < -0.3 is 21.8 Å². The van der Waals surface area contributed by atoms with Gasteiger partial charge in [0.1, 0.15) is 0 Å². The zero-order valence-electron chi connectivity index (χ0n) is 15.1. The van der Waals surface area contributed by atoms with Gasteiger partial charge in [-0.1, -0.05) is 35.9 Å². The molecule has 0 unspecified atom stereocenters. The first-order valence-electron chi connectivity index (χ1n) is 9.00. The Morgan fingerprint density at radius 3 is 2.62 bits per heavy atom. The van der Waals surface area contributed by atoms with E-state index in [9.17, 15) is 4.79 Å². The van der Waals surface area contributed by atoms with Gasteiger partial charge in [0.05, 0.1) is 5.56 Å². The van der Waals surface area contributed by atoms with E-state index >= 15 is 0 Å². The third-order valence-corrected chi connectivity index (χ3v) is 4.62. The molecule has 136 valence electrons. The molecule has 5 heteroatoms. The van der Waals surface area contributed by atoms with Crippen LogP contribution in [0.5, 0.6) is 0 Å². The van der Waals surface area contributed by atoms with Crippen molar-refractivity contribution in [1.82, 2.24) is 10.3 Å². The molecule has 1 heterocycles. The second-order valence-electron chi connectivity index (χ2n) is 6.73. The van der Waals surface area contributed by atoms with E-state index in [0.29, 0.717) is 18.7 Å². The van der Waals surface area contributed by atoms with Crippen LogP contribution in [0.4, 0.5) is 0 Å². The number of hydrogen-bond donors (Lipinski definition) is 4. The Labute approximate surface area is 153 Å². The predicted molar refractivity (Wildman–Crippen MR) is 107 cm³/mol. The number of nitrogens with one attached hydrogen (secondary N) is 2. The Kier molecular flexibility index (Phi) is 5.71. The minimum absolute atomic E-state index is 0.0733. The van der Waals surface area contributed by atoms with E-state index in [0.717, 1.165) is 34.9 Å². The fourth-order valence-electron chi connectivity index (χ4n) is 3.04. The molecule has 3 aromatic rings. The summed E-state index contributed by atoms with van der Waals surface area (Å²) in [6, 6.07) is 14.4. The lowest BCUT2D eigenvalue weighted by molar-refractivity contribution is 0.0952. The SMILES string of the molecule is Cc1ccc(-c2ccc3[nH]cc(C(=O)NC[C@@H](N)CCCN)c3c2)cc1. The van der Waals surface area contributed by atoms with Crippen molar-refractivity contribution in [2.75, 3.05) is 13.1 Å². The molecule has 0 spiro atoms. The highest BCUT2D eigenvalue weighted by atomic mass is 16.1. The molecule has 6 N–H and O–H groups in total. The number of fused-ring (bicyclic) bond motifs is 1. The Morgan fingerprint density at radius 2 is 1.88 bits per heavy atom. The Morgan fingerprint density at radius 1 is 1.15 bits per heavy atom. The lowest BCUT2D eigenvalue weighted by Gasteiger charge is -2.12. The maximum atomic E-state index is 12.6. The van der Waals surface area contributed by atoms with Gasteiger partial charge in [-0.2, -0.15) is 0 Å². The smallest absolute Gasteiger partial charge is 0.253 e. The summed E-state index contributed by atoms with van der Waals surface area (Å²) < 4.78 is 0. The number of carbonyl (C=O) groups excluding carboxylic acids is 1. The minimum Gasteiger partial charge on any atom is -0.360 e. The normalized spacial score (nSPS) is 12.3. The van der Waals surface area contributed by atoms with Crippen LogP contribution in [0, 0.1) is 6.92 Å². The van der Waals surface area contributed by atoms with Crippen LogP contribution >= 0.6 is 0 Å². The monoisotopic (exact) mass is 350 g/mol. The fraction of sp³-hybridized carbons (Fsp3) is 0.286. The topological polar surface area (TPSA) is 96.9 Å². The summed E-state index contributed by atoms with van der Waals surface area (Å²) in [5.74, 6) is -0.111. The Hall–Kier alpha value is -2.63. The van der Waals surface area contributed by atoms with E-state index in [-0.39, 0.29) is 11.9 Å². The van der Waals surface area contributed by atoms with E-state index in [1.807, 2.05) is 6.07 Å². The molecule has 0 aliphatic rings. The van der Waals surface area contributed by atoms with Crippen molar-refractivity contribution in [2.24, 2.45) is 11.5 Å². The van der Waals surface area contributed by atoms with Crippen molar-refractivity contribution in [3.63, 3.8) is 0 Å². The highest BCUT2D eigenvalue weighted by Gasteiger charge is 2.14. The molecule has 0 fully saturated rings. The molecule has 3 rings (SSSR count). The third kappa shape index (κ3) is 4.12. The van der Waals surface area contributed by atoms with E-state index in [1.54, 1.807) is 6.20 Å². The first-order valence-corrected chi connectivity index (χ1v) is 9.00. The van der Waals surface area contributed by atoms with Crippen molar-refractivity contribution in [2.45, 2.75) is 25.8 Å². The molecule has 0 aliphatic heterocycles. The summed E-state index contributed by atoms with van der Waals surface area (Å²) in [6.45, 7) is 3.13. The molecule has 0 saturated heterocycles. The van der Waals surface area contributed by atoms with E-state index < -0.39 is 0 Å². The molecule has 0 radical (unpaired) electrons. The van der Waals surface area contributed by atoms with Gasteiger partial charge in [-0.3, -0.25) is 4.79 Å². The van der Waals surface area contributed by atoms with Crippen molar-refractivity contribution in [3.05, 3.63) is 59.8 Å². The molecule has 1 amide bonds. The van der Waals surface area contributed by atoms with Crippen molar-refractivity contribution >= 4 is 16.8 Å². The van der Waals surface area contributed by atoms with Crippen LogP contribution in [-0.4, -0.2) is 30.0 Å². The molecule has 1 aromatic heterocycles. The third-order valence-electron chi connectivity index (χ3n) is 4.62. The summed E-state index contributed by atoms with van der Waals surface area (Å²) in [4.78, 5) is 15.7. The lowest BCUT2D eigenvalue weighted by Crippen LogP contribution is -2.37. The first-order chi connectivity index (χ1) is 12.6. The highest BCUT2D eigenvalue weighted by molar-refractivity contribution is 6.07. The molecule has 0 saturated carbocycles. The first kappa shape index (κ1) is 18.2. The van der Waals surface area contributed by atoms with Crippen LogP contribution in [0.2, 0.25) is 0 Å². The van der Waals surface area contributed by atoms with E-state index in [4.69, 9.17) is 11.5 Å². The van der Waals surface area contributed by atoms with E-state index in [2.05, 4.69) is 53.6 Å². The van der Waals surface area contributed by atoms with Gasteiger partial charge in [0.15, 0.2) is 0 Å². The van der Waals surface area contributed by atoms with Crippen LogP contribution in [0.25, 0.3) is 22.0 Å². The maximum Gasteiger partial charge on any atom is 0.253 e. The summed E-state index contributed by atoms with van der Waals surface area (Å²) in [5, 5.41) is 3.84. The second kappa shape index (κ2) is 8.17. The number of rotatable bonds is 7. The molecule has 5 nitrogen and oxygen atoms in total. The standard InChI is InChI=1S/C21H26N4O/c1-14-4-6-15(7-5-14)16-8-9-20-18(11-16)19(13-24-20)21(26)25-12-17(23)3-2-10-22/h4-9,11,13,17,24H,2-3,10,12,22-23H2,1H3,(H,25,26)/t17-/m0/s1. The number of aromatic amines is 1. The predicted octanol–water partition coefficient (Wildman–Crippen LogP) is 2.94. The van der Waals surface area contributed by atoms with E-state index in [1.165, 1.54) is 5.56 Å². The van der Waals surface area contributed by atoms with Crippen LogP contribution in [0.1, 0.15) is 28.8 Å². The van der Waals surface area contributed by atoms with Crippen LogP contribution in [0.15, 0.2) is 48.7 Å². The van der Waals surface area contributed by atoms with Gasteiger partial charge in [-0.05, 0) is 49.6 Å². The summed E-state index contributed by atoms with van der Waals surface area (Å²) in [5.41, 5.74) is 16.5. The number of carbonyl (C=O) groups is 1. The number of benzene rings is 2. The van der Waals surface area contributed by atoms with Crippen LogP contribution in [0.3, 0.4) is 0 Å². The largest absolute Gasteiger partial charge is 0.360 e. The number of hydrogen-bond acceptors (Lipinski definition) is 3. The van der Waals surface area contributed by atoms with Gasteiger partial charge >= 0.3 is 0 Å². The van der Waals surface area contributed by atoms with Gasteiger partial charge in [0.2, 0.25) is 0 Å². The zero-order valence-corrected chi connectivity index (χ0v) is 15.1. The van der Waals surface area contributed by atoms with Crippen LogP contribution in [-0.2, 0) is 0 Å². The van der Waals surface area contributed by atoms with Gasteiger partial charge in [0.25, 0.3) is 5.91 Å². The second-order valence-corrected chi connectivity index (χ2v) is 6.73. The molecule has 1 atom stereocenters. The van der Waals surface area contributed by atoms with Crippen molar-refractivity contribution in [3.8, 4) is 11.1 Å². The molecule has 0 aliphatic carbocycles. The van der Waals surface area contributed by atoms with Crippen molar-refractivity contribution < 1.29 is 4.79 Å². The average molecular weight is 350 g/mol. The van der Waals surface area contributed by atoms with Crippen molar-refractivity contribution in [1.29, 1.82) is 0 Å². The minimum atomic E-state index is -0.111. The quantitative estimate of drug-likeness (QED) is 0.527. The number of nitrogens with two attached hydrogens (primary N) is 2. The molecule has 0 bridgehead atoms. The number of H-pyrrole nitrogens is 1. The molecule has 26 heavy (non-hydrogen) atoms. The summed E-state index contributed by atoms with van der Waals surface area (Å²) in [7, 11) is 0. The molecular formula is C21H26N4O. The number of aryl methyl sites for hydroxylation is 1. The lowest BCUT2D eigenvalue weighted by atomic mass is 10.0. The zero-order chi connectivity index (χ0) is 18.5. The van der Waals surface area contributed by atoms with Gasteiger partial charge in [-0.25, -0.2) is 0 Å². The fourth-order valence-corrected chi connectivity index (χ4v) is 3.04. The number of aromatic nitrogens is 1. The Bertz CT molecular complexity index is 883.